The van der Waals surface area contributed by atoms with E-state index in [-0.39, 0.29) is 6.04 Å². The first-order chi connectivity index (χ1) is 8.59. The smallest absolute Gasteiger partial charge is 0.113 e. The zero-order valence-electron chi connectivity index (χ0n) is 11.1. The van der Waals surface area contributed by atoms with Crippen molar-refractivity contribution in [2.24, 2.45) is 0 Å². The molecule has 18 heavy (non-hydrogen) atoms. The van der Waals surface area contributed by atoms with E-state index in [1.807, 2.05) is 35.9 Å². The van der Waals surface area contributed by atoms with Gasteiger partial charge in [0.1, 0.15) is 5.52 Å². The Hall–Kier alpha value is -1.90. The van der Waals surface area contributed by atoms with E-state index in [2.05, 4.69) is 30.4 Å². The van der Waals surface area contributed by atoms with Crippen molar-refractivity contribution in [2.45, 2.75) is 32.7 Å². The van der Waals surface area contributed by atoms with Crippen molar-refractivity contribution in [3.8, 4) is 0 Å². The third kappa shape index (κ3) is 2.50. The van der Waals surface area contributed by atoms with Crippen LogP contribution in [-0.2, 0) is 0 Å². The van der Waals surface area contributed by atoms with Crippen LogP contribution in [0.1, 0.15) is 32.7 Å². The standard InChI is InChI=1S/C15H19N3/c1-11(2)9-10-14(12(3)4)18-15-8-6-5-7-13(15)16-17-18/h5-8,14H,1,3,9-10H2,2,4H3. The van der Waals surface area contributed by atoms with Gasteiger partial charge < -0.3 is 0 Å². The Morgan fingerprint density at radius 3 is 2.67 bits per heavy atom. The van der Waals surface area contributed by atoms with E-state index in [9.17, 15) is 0 Å². The number of benzene rings is 1. The number of hydrogen-bond acceptors (Lipinski definition) is 2. The van der Waals surface area contributed by atoms with Crippen molar-refractivity contribution in [1.29, 1.82) is 0 Å². The van der Waals surface area contributed by atoms with Crippen molar-refractivity contribution in [3.05, 3.63) is 48.6 Å². The monoisotopic (exact) mass is 241 g/mol. The van der Waals surface area contributed by atoms with Crippen LogP contribution in [0.25, 0.3) is 11.0 Å². The molecule has 3 nitrogen and oxygen atoms in total. The van der Waals surface area contributed by atoms with Crippen LogP contribution in [0.5, 0.6) is 0 Å². The van der Waals surface area contributed by atoms with Gasteiger partial charge in [0.15, 0.2) is 0 Å². The lowest BCUT2D eigenvalue weighted by Gasteiger charge is -2.18. The van der Waals surface area contributed by atoms with Crippen molar-refractivity contribution in [3.63, 3.8) is 0 Å². The normalized spacial score (nSPS) is 12.6. The van der Waals surface area contributed by atoms with Crippen LogP contribution in [0.3, 0.4) is 0 Å². The molecule has 0 spiro atoms. The number of allylic oxidation sites excluding steroid dienone is 2. The Labute approximate surface area is 108 Å². The van der Waals surface area contributed by atoms with Crippen LogP contribution in [0.4, 0.5) is 0 Å². The van der Waals surface area contributed by atoms with Gasteiger partial charge in [0, 0.05) is 0 Å². The van der Waals surface area contributed by atoms with E-state index in [1.54, 1.807) is 0 Å². The van der Waals surface area contributed by atoms with E-state index in [4.69, 9.17) is 0 Å². The summed E-state index contributed by atoms with van der Waals surface area (Å²) in [5.74, 6) is 0. The van der Waals surface area contributed by atoms with Crippen LogP contribution >= 0.6 is 0 Å². The molecule has 0 aliphatic heterocycles. The summed E-state index contributed by atoms with van der Waals surface area (Å²) in [6.07, 6.45) is 1.95. The lowest BCUT2D eigenvalue weighted by Crippen LogP contribution is -2.12. The van der Waals surface area contributed by atoms with Gasteiger partial charge in [-0.2, -0.15) is 0 Å². The van der Waals surface area contributed by atoms with E-state index in [0.29, 0.717) is 0 Å². The number of rotatable bonds is 5. The van der Waals surface area contributed by atoms with Gasteiger partial charge in [-0.3, -0.25) is 0 Å². The summed E-state index contributed by atoms with van der Waals surface area (Å²) in [5.41, 5.74) is 4.28. The van der Waals surface area contributed by atoms with E-state index in [0.717, 1.165) is 29.4 Å². The zero-order chi connectivity index (χ0) is 13.1. The maximum atomic E-state index is 4.27. The maximum Gasteiger partial charge on any atom is 0.113 e. The first kappa shape index (κ1) is 12.6. The van der Waals surface area contributed by atoms with E-state index < -0.39 is 0 Å². The lowest BCUT2D eigenvalue weighted by molar-refractivity contribution is 0.482. The minimum atomic E-state index is 0.189. The van der Waals surface area contributed by atoms with Crippen molar-refractivity contribution in [1.82, 2.24) is 15.0 Å². The number of nitrogens with zero attached hydrogens (tertiary/aromatic N) is 3. The maximum absolute atomic E-state index is 4.27. The second kappa shape index (κ2) is 5.17. The molecule has 94 valence electrons. The third-order valence-corrected chi connectivity index (χ3v) is 3.09. The molecular weight excluding hydrogens is 222 g/mol. The fraction of sp³-hybridized carbons (Fsp3) is 0.333. The van der Waals surface area contributed by atoms with Gasteiger partial charge in [-0.25, -0.2) is 4.68 Å². The Balaban J connectivity index is 2.36. The predicted molar refractivity (Wildman–Crippen MR) is 75.4 cm³/mol. The summed E-state index contributed by atoms with van der Waals surface area (Å²) < 4.78 is 1.97. The first-order valence-electron chi connectivity index (χ1n) is 6.19. The molecule has 0 saturated heterocycles. The molecular formula is C15H19N3. The van der Waals surface area contributed by atoms with Gasteiger partial charge in [0.05, 0.1) is 11.6 Å². The van der Waals surface area contributed by atoms with Crippen LogP contribution in [-0.4, -0.2) is 15.0 Å². The average molecular weight is 241 g/mol. The molecule has 1 aromatic heterocycles. The van der Waals surface area contributed by atoms with Crippen LogP contribution in [0.2, 0.25) is 0 Å². The largest absolute Gasteiger partial charge is 0.238 e. The molecule has 0 N–H and O–H groups in total. The fourth-order valence-electron chi connectivity index (χ4n) is 2.08. The molecule has 2 aromatic rings. The van der Waals surface area contributed by atoms with Gasteiger partial charge in [-0.05, 0) is 38.8 Å². The molecule has 2 rings (SSSR count). The Morgan fingerprint density at radius 1 is 1.28 bits per heavy atom. The summed E-state index contributed by atoms with van der Waals surface area (Å²) in [5, 5.41) is 8.47. The minimum absolute atomic E-state index is 0.189. The van der Waals surface area contributed by atoms with Gasteiger partial charge in [-0.1, -0.05) is 35.1 Å². The fourth-order valence-corrected chi connectivity index (χ4v) is 2.08. The van der Waals surface area contributed by atoms with Gasteiger partial charge in [0.25, 0.3) is 0 Å². The van der Waals surface area contributed by atoms with Crippen molar-refractivity contribution in [2.75, 3.05) is 0 Å². The van der Waals surface area contributed by atoms with Crippen molar-refractivity contribution < 1.29 is 0 Å². The second-order valence-corrected chi connectivity index (χ2v) is 4.88. The highest BCUT2D eigenvalue weighted by Crippen LogP contribution is 2.26. The van der Waals surface area contributed by atoms with Gasteiger partial charge in [-0.15, -0.1) is 11.7 Å². The van der Waals surface area contributed by atoms with Gasteiger partial charge in [0.2, 0.25) is 0 Å². The molecule has 0 fully saturated rings. The summed E-state index contributed by atoms with van der Waals surface area (Å²) in [6, 6.07) is 8.20. The second-order valence-electron chi connectivity index (χ2n) is 4.88. The Bertz CT molecular complexity index is 580. The first-order valence-corrected chi connectivity index (χ1v) is 6.19. The summed E-state index contributed by atoms with van der Waals surface area (Å²) in [6.45, 7) is 12.1. The Kier molecular flexibility index (Phi) is 3.60. The molecule has 1 unspecified atom stereocenters. The van der Waals surface area contributed by atoms with E-state index in [1.165, 1.54) is 5.57 Å². The number of para-hydroxylation sites is 1. The molecule has 0 radical (unpaired) electrons. The predicted octanol–water partition coefficient (Wildman–Crippen LogP) is 3.90. The average Bonchev–Trinajstić information content (AvgIpc) is 2.73. The molecule has 1 aromatic carbocycles. The SMILES string of the molecule is C=C(C)CCC(C(=C)C)n1nnc2ccccc21. The summed E-state index contributed by atoms with van der Waals surface area (Å²) in [7, 11) is 0. The highest BCUT2D eigenvalue weighted by atomic mass is 15.4. The lowest BCUT2D eigenvalue weighted by atomic mass is 10.0. The number of aromatic nitrogens is 3. The molecule has 1 atom stereocenters. The van der Waals surface area contributed by atoms with Crippen LogP contribution < -0.4 is 0 Å². The third-order valence-electron chi connectivity index (χ3n) is 3.09. The van der Waals surface area contributed by atoms with Crippen molar-refractivity contribution >= 4 is 11.0 Å². The molecule has 0 aliphatic rings. The number of fused-ring (bicyclic) bond motifs is 1. The highest BCUT2D eigenvalue weighted by molar-refractivity contribution is 5.74. The summed E-state index contributed by atoms with van der Waals surface area (Å²) >= 11 is 0. The molecule has 0 aliphatic carbocycles. The minimum Gasteiger partial charge on any atom is -0.238 e. The summed E-state index contributed by atoms with van der Waals surface area (Å²) in [4.78, 5) is 0. The van der Waals surface area contributed by atoms with E-state index >= 15 is 0 Å². The molecule has 0 saturated carbocycles. The molecule has 0 amide bonds. The van der Waals surface area contributed by atoms with Gasteiger partial charge >= 0.3 is 0 Å². The van der Waals surface area contributed by atoms with Crippen LogP contribution in [0, 0.1) is 0 Å². The van der Waals surface area contributed by atoms with Crippen LogP contribution in [0.15, 0.2) is 48.6 Å². The molecule has 3 heteroatoms. The molecule has 1 heterocycles. The zero-order valence-corrected chi connectivity index (χ0v) is 11.1. The Morgan fingerprint density at radius 2 is 2.00 bits per heavy atom. The highest BCUT2D eigenvalue weighted by Gasteiger charge is 2.15. The quantitative estimate of drug-likeness (QED) is 0.743. The number of hydrogen-bond donors (Lipinski definition) is 0. The topological polar surface area (TPSA) is 30.7 Å². The molecule has 0 bridgehead atoms.